The van der Waals surface area contributed by atoms with Crippen molar-refractivity contribution in [3.8, 4) is 0 Å². The molecule has 0 fully saturated rings. The molecule has 4 nitrogen and oxygen atoms in total. The van der Waals surface area contributed by atoms with Crippen LogP contribution in [0.4, 0.5) is 0 Å². The first-order valence-corrected chi connectivity index (χ1v) is 8.88. The highest BCUT2D eigenvalue weighted by Gasteiger charge is 2.07. The van der Waals surface area contributed by atoms with E-state index in [4.69, 9.17) is 0 Å². The zero-order valence-corrected chi connectivity index (χ0v) is 15.2. The van der Waals surface area contributed by atoms with Gasteiger partial charge in [0.15, 0.2) is 5.96 Å². The minimum atomic E-state index is 0.431. The number of aliphatic imine (C=N–C) groups is 1. The van der Waals surface area contributed by atoms with E-state index in [1.807, 2.05) is 6.20 Å². The molecule has 2 rings (SSSR count). The van der Waals surface area contributed by atoms with E-state index in [0.717, 1.165) is 23.9 Å². The Kier molecular flexibility index (Phi) is 6.59. The number of rotatable bonds is 6. The first-order chi connectivity index (χ1) is 11.1. The van der Waals surface area contributed by atoms with E-state index in [9.17, 15) is 0 Å². The van der Waals surface area contributed by atoms with Crippen LogP contribution in [0.25, 0.3) is 0 Å². The molecule has 2 aromatic rings. The third-order valence-corrected chi connectivity index (χ3v) is 4.94. The fraction of sp³-hybridized carbons (Fsp3) is 0.444. The van der Waals surface area contributed by atoms with Crippen molar-refractivity contribution < 1.29 is 0 Å². The number of thiazole rings is 1. The maximum Gasteiger partial charge on any atom is 0.191 e. The van der Waals surface area contributed by atoms with Crippen molar-refractivity contribution >= 4 is 17.3 Å². The van der Waals surface area contributed by atoms with E-state index < -0.39 is 0 Å². The van der Waals surface area contributed by atoms with Gasteiger partial charge in [0.2, 0.25) is 0 Å². The predicted octanol–water partition coefficient (Wildman–Crippen LogP) is 3.48. The summed E-state index contributed by atoms with van der Waals surface area (Å²) in [6.45, 7) is 8.04. The van der Waals surface area contributed by atoms with E-state index in [-0.39, 0.29) is 0 Å². The first kappa shape index (κ1) is 17.5. The zero-order chi connectivity index (χ0) is 16.7. The van der Waals surface area contributed by atoms with Crippen LogP contribution in [-0.4, -0.2) is 24.5 Å². The van der Waals surface area contributed by atoms with E-state index >= 15 is 0 Å². The summed E-state index contributed by atoms with van der Waals surface area (Å²) in [6.07, 6.45) is 3.00. The van der Waals surface area contributed by atoms with Crippen LogP contribution in [0.5, 0.6) is 0 Å². The molecule has 0 bridgehead atoms. The lowest BCUT2D eigenvalue weighted by molar-refractivity contribution is 0.698. The van der Waals surface area contributed by atoms with E-state index in [1.165, 1.54) is 16.0 Å². The summed E-state index contributed by atoms with van der Waals surface area (Å²) in [6, 6.07) is 8.71. The van der Waals surface area contributed by atoms with Gasteiger partial charge in [0.1, 0.15) is 5.01 Å². The van der Waals surface area contributed by atoms with Gasteiger partial charge >= 0.3 is 0 Å². The largest absolute Gasteiger partial charge is 0.356 e. The molecule has 1 atom stereocenters. The summed E-state index contributed by atoms with van der Waals surface area (Å²) >= 11 is 1.75. The van der Waals surface area contributed by atoms with Crippen LogP contribution in [0.15, 0.2) is 35.5 Å². The van der Waals surface area contributed by atoms with Gasteiger partial charge in [0, 0.05) is 24.7 Å². The van der Waals surface area contributed by atoms with Crippen LogP contribution in [0, 0.1) is 6.92 Å². The van der Waals surface area contributed by atoms with E-state index in [1.54, 1.807) is 18.4 Å². The average molecular weight is 331 g/mol. The topological polar surface area (TPSA) is 49.3 Å². The van der Waals surface area contributed by atoms with Crippen LogP contribution in [0.1, 0.15) is 40.8 Å². The molecule has 0 spiro atoms. The van der Waals surface area contributed by atoms with Gasteiger partial charge in [-0.3, -0.25) is 4.99 Å². The molecular formula is C18H26N4S. The molecule has 0 amide bonds. The van der Waals surface area contributed by atoms with Crippen molar-refractivity contribution in [3.05, 3.63) is 51.5 Å². The predicted molar refractivity (Wildman–Crippen MR) is 99.3 cm³/mol. The molecule has 2 N–H and O–H groups in total. The number of guanidine groups is 1. The Hall–Kier alpha value is -1.88. The summed E-state index contributed by atoms with van der Waals surface area (Å²) in [4.78, 5) is 10.0. The van der Waals surface area contributed by atoms with Crippen LogP contribution in [0.3, 0.4) is 0 Å². The Balaban J connectivity index is 1.81. The second-order valence-electron chi connectivity index (χ2n) is 5.69. The van der Waals surface area contributed by atoms with Crippen molar-refractivity contribution in [1.82, 2.24) is 15.6 Å². The molecule has 1 aromatic heterocycles. The maximum absolute atomic E-state index is 4.42. The van der Waals surface area contributed by atoms with Crippen LogP contribution < -0.4 is 10.6 Å². The molecule has 0 aliphatic rings. The Morgan fingerprint density at radius 3 is 2.61 bits per heavy atom. The number of nitrogens with zero attached hydrogens (tertiary/aromatic N) is 2. The van der Waals surface area contributed by atoms with Gasteiger partial charge in [-0.05, 0) is 24.8 Å². The molecule has 0 aliphatic heterocycles. The second kappa shape index (κ2) is 8.67. The Morgan fingerprint density at radius 1 is 1.26 bits per heavy atom. The van der Waals surface area contributed by atoms with Crippen molar-refractivity contribution in [2.45, 2.75) is 39.7 Å². The Bertz CT molecular complexity index is 631. The molecule has 124 valence electrons. The van der Waals surface area contributed by atoms with Gasteiger partial charge < -0.3 is 10.6 Å². The molecule has 1 unspecified atom stereocenters. The number of hydrogen-bond acceptors (Lipinski definition) is 3. The highest BCUT2D eigenvalue weighted by atomic mass is 32.1. The summed E-state index contributed by atoms with van der Waals surface area (Å²) in [7, 11) is 1.80. The first-order valence-electron chi connectivity index (χ1n) is 8.07. The van der Waals surface area contributed by atoms with Crippen molar-refractivity contribution in [2.24, 2.45) is 4.99 Å². The molecule has 0 aliphatic carbocycles. The minimum absolute atomic E-state index is 0.431. The molecule has 0 saturated carbocycles. The highest BCUT2D eigenvalue weighted by Crippen LogP contribution is 2.15. The molecular weight excluding hydrogens is 304 g/mol. The van der Waals surface area contributed by atoms with Gasteiger partial charge in [0.05, 0.1) is 6.54 Å². The lowest BCUT2D eigenvalue weighted by Crippen LogP contribution is -2.38. The minimum Gasteiger partial charge on any atom is -0.356 e. The van der Waals surface area contributed by atoms with Gasteiger partial charge in [-0.2, -0.15) is 0 Å². The fourth-order valence-electron chi connectivity index (χ4n) is 2.24. The molecule has 5 heteroatoms. The summed E-state index contributed by atoms with van der Waals surface area (Å²) in [5.74, 6) is 1.25. The van der Waals surface area contributed by atoms with E-state index in [2.05, 4.69) is 65.6 Å². The molecule has 23 heavy (non-hydrogen) atoms. The monoisotopic (exact) mass is 330 g/mol. The smallest absolute Gasteiger partial charge is 0.191 e. The lowest BCUT2D eigenvalue weighted by Gasteiger charge is -2.16. The zero-order valence-electron chi connectivity index (χ0n) is 14.4. The Labute approximate surface area is 143 Å². The summed E-state index contributed by atoms with van der Waals surface area (Å²) < 4.78 is 0. The fourth-order valence-corrected chi connectivity index (χ4v) is 3.04. The summed E-state index contributed by atoms with van der Waals surface area (Å²) in [5.41, 5.74) is 2.63. The van der Waals surface area contributed by atoms with Gasteiger partial charge in [-0.25, -0.2) is 4.98 Å². The normalized spacial score (nSPS) is 13.0. The van der Waals surface area contributed by atoms with E-state index in [0.29, 0.717) is 12.5 Å². The molecule has 0 saturated heterocycles. The van der Waals surface area contributed by atoms with Crippen molar-refractivity contribution in [1.29, 1.82) is 0 Å². The highest BCUT2D eigenvalue weighted by molar-refractivity contribution is 7.11. The third kappa shape index (κ3) is 5.36. The quantitative estimate of drug-likeness (QED) is 0.630. The number of nitrogens with one attached hydrogen (secondary N) is 2. The molecule has 1 heterocycles. The number of hydrogen-bond donors (Lipinski definition) is 2. The van der Waals surface area contributed by atoms with Crippen molar-refractivity contribution in [3.63, 3.8) is 0 Å². The number of aryl methyl sites for hydroxylation is 2. The summed E-state index contributed by atoms with van der Waals surface area (Å²) in [5, 5.41) is 7.81. The van der Waals surface area contributed by atoms with Gasteiger partial charge in [-0.1, -0.05) is 43.7 Å². The SMILES string of the molecule is CCc1cnc(CNC(=NC)NCC(C)c2ccc(C)cc2)s1. The molecule has 0 radical (unpaired) electrons. The van der Waals surface area contributed by atoms with Crippen LogP contribution in [0.2, 0.25) is 0 Å². The standard InChI is InChI=1S/C18H26N4S/c1-5-16-11-20-17(23-16)12-22-18(19-4)21-10-14(3)15-8-6-13(2)7-9-15/h6-9,11,14H,5,10,12H2,1-4H3,(H2,19,21,22). The third-order valence-electron chi connectivity index (χ3n) is 3.80. The van der Waals surface area contributed by atoms with Crippen molar-refractivity contribution in [2.75, 3.05) is 13.6 Å². The van der Waals surface area contributed by atoms with Crippen LogP contribution >= 0.6 is 11.3 Å². The number of aromatic nitrogens is 1. The average Bonchev–Trinajstić information content (AvgIpc) is 3.03. The van der Waals surface area contributed by atoms with Gasteiger partial charge in [0.25, 0.3) is 0 Å². The Morgan fingerprint density at radius 2 is 2.00 bits per heavy atom. The number of benzene rings is 1. The van der Waals surface area contributed by atoms with Gasteiger partial charge in [-0.15, -0.1) is 11.3 Å². The lowest BCUT2D eigenvalue weighted by atomic mass is 10.0. The second-order valence-corrected chi connectivity index (χ2v) is 6.89. The molecule has 1 aromatic carbocycles. The maximum atomic E-state index is 4.42. The van der Waals surface area contributed by atoms with Crippen LogP contribution in [-0.2, 0) is 13.0 Å².